The van der Waals surface area contributed by atoms with Crippen LogP contribution in [0.2, 0.25) is 0 Å². The molecule has 1 heterocycles. The van der Waals surface area contributed by atoms with Crippen LogP contribution in [0, 0.1) is 12.8 Å². The number of amides is 1. The molecule has 6 nitrogen and oxygen atoms in total. The van der Waals surface area contributed by atoms with Gasteiger partial charge in [0.2, 0.25) is 5.91 Å². The van der Waals surface area contributed by atoms with Gasteiger partial charge in [-0.05, 0) is 49.2 Å². The van der Waals surface area contributed by atoms with Crippen LogP contribution in [0.4, 0.5) is 5.69 Å². The van der Waals surface area contributed by atoms with E-state index in [0.717, 1.165) is 0 Å². The molecule has 3 aromatic rings. The number of pyridine rings is 1. The lowest BCUT2D eigenvalue weighted by molar-refractivity contribution is -0.116. The van der Waals surface area contributed by atoms with Crippen LogP contribution in [0.25, 0.3) is 10.9 Å². The third kappa shape index (κ3) is 5.29. The van der Waals surface area contributed by atoms with Crippen molar-refractivity contribution in [2.75, 3.05) is 11.9 Å². The zero-order valence-electron chi connectivity index (χ0n) is 17.3. The number of Topliss-reactive ketones (excluding diaryl/α,β-unsaturated/α-hetero) is 1. The smallest absolute Gasteiger partial charge is 0.339 e. The second-order valence-corrected chi connectivity index (χ2v) is 7.55. The standard InChI is InChI=1S/C24H24N2O4/c1-15(2)12-23(28)26-18-10-8-17(9-11-18)22(27)14-30-24(29)20-13-16(3)25-21-7-5-4-6-19(20)21/h4-11,13,15H,12,14H2,1-3H3,(H,26,28). The topological polar surface area (TPSA) is 85.4 Å². The van der Waals surface area contributed by atoms with Gasteiger partial charge >= 0.3 is 5.97 Å². The molecule has 0 fully saturated rings. The van der Waals surface area contributed by atoms with Crippen molar-refractivity contribution in [1.29, 1.82) is 0 Å². The van der Waals surface area contributed by atoms with E-state index in [9.17, 15) is 14.4 Å². The number of carbonyl (C=O) groups is 3. The molecule has 0 spiro atoms. The highest BCUT2D eigenvalue weighted by molar-refractivity contribution is 6.05. The van der Waals surface area contributed by atoms with Crippen LogP contribution < -0.4 is 5.32 Å². The Hall–Kier alpha value is -3.54. The summed E-state index contributed by atoms with van der Waals surface area (Å²) in [6, 6.07) is 15.5. The number of anilines is 1. The van der Waals surface area contributed by atoms with Crippen LogP contribution in [-0.2, 0) is 9.53 Å². The molecule has 30 heavy (non-hydrogen) atoms. The van der Waals surface area contributed by atoms with Crippen molar-refractivity contribution in [3.8, 4) is 0 Å². The summed E-state index contributed by atoms with van der Waals surface area (Å²) in [5.74, 6) is -0.694. The number of fused-ring (bicyclic) bond motifs is 1. The number of para-hydroxylation sites is 1. The molecule has 0 aliphatic rings. The van der Waals surface area contributed by atoms with E-state index in [4.69, 9.17) is 4.74 Å². The van der Waals surface area contributed by atoms with Gasteiger partial charge in [-0.15, -0.1) is 0 Å². The van der Waals surface area contributed by atoms with E-state index in [1.54, 1.807) is 43.3 Å². The molecule has 154 valence electrons. The summed E-state index contributed by atoms with van der Waals surface area (Å²) in [4.78, 5) is 41.2. The van der Waals surface area contributed by atoms with Crippen molar-refractivity contribution >= 4 is 34.3 Å². The van der Waals surface area contributed by atoms with Crippen molar-refractivity contribution in [1.82, 2.24) is 4.98 Å². The molecule has 0 aliphatic heterocycles. The summed E-state index contributed by atoms with van der Waals surface area (Å²) in [6.45, 7) is 5.38. The number of hydrogen-bond donors (Lipinski definition) is 1. The Morgan fingerprint density at radius 3 is 2.43 bits per heavy atom. The summed E-state index contributed by atoms with van der Waals surface area (Å²) in [5, 5.41) is 3.47. The first-order valence-electron chi connectivity index (χ1n) is 9.80. The Morgan fingerprint density at radius 2 is 1.73 bits per heavy atom. The fourth-order valence-corrected chi connectivity index (χ4v) is 3.09. The third-order valence-electron chi connectivity index (χ3n) is 4.48. The predicted molar refractivity (Wildman–Crippen MR) is 116 cm³/mol. The average molecular weight is 404 g/mol. The number of nitrogens with one attached hydrogen (secondary N) is 1. The molecule has 0 aliphatic carbocycles. The quantitative estimate of drug-likeness (QED) is 0.461. The van der Waals surface area contributed by atoms with Crippen LogP contribution in [0.5, 0.6) is 0 Å². The zero-order chi connectivity index (χ0) is 21.7. The number of aryl methyl sites for hydroxylation is 1. The first kappa shape index (κ1) is 21.2. The number of carbonyl (C=O) groups excluding carboxylic acids is 3. The summed E-state index contributed by atoms with van der Waals surface area (Å²) < 4.78 is 5.26. The van der Waals surface area contributed by atoms with Gasteiger partial charge in [0.1, 0.15) is 0 Å². The number of esters is 1. The maximum Gasteiger partial charge on any atom is 0.339 e. The highest BCUT2D eigenvalue weighted by atomic mass is 16.5. The van der Waals surface area contributed by atoms with E-state index in [-0.39, 0.29) is 24.2 Å². The van der Waals surface area contributed by atoms with Crippen LogP contribution in [0.15, 0.2) is 54.6 Å². The van der Waals surface area contributed by atoms with Gasteiger partial charge < -0.3 is 10.1 Å². The lowest BCUT2D eigenvalue weighted by Gasteiger charge is -2.09. The Bertz CT molecular complexity index is 1090. The van der Waals surface area contributed by atoms with Crippen molar-refractivity contribution in [2.24, 2.45) is 5.92 Å². The first-order chi connectivity index (χ1) is 14.3. The van der Waals surface area contributed by atoms with Gasteiger partial charge in [0.15, 0.2) is 12.4 Å². The van der Waals surface area contributed by atoms with E-state index in [0.29, 0.717) is 39.8 Å². The Kier molecular flexibility index (Phi) is 6.57. The second-order valence-electron chi connectivity index (χ2n) is 7.55. The molecule has 1 N–H and O–H groups in total. The van der Waals surface area contributed by atoms with Gasteiger partial charge in [-0.3, -0.25) is 14.6 Å². The number of benzene rings is 2. The molecule has 1 aromatic heterocycles. The van der Waals surface area contributed by atoms with Gasteiger partial charge in [0.05, 0.1) is 11.1 Å². The van der Waals surface area contributed by atoms with Crippen molar-refractivity contribution in [3.05, 3.63) is 71.4 Å². The summed E-state index contributed by atoms with van der Waals surface area (Å²) in [7, 11) is 0. The Balaban J connectivity index is 1.63. The van der Waals surface area contributed by atoms with Crippen LogP contribution in [0.3, 0.4) is 0 Å². The Labute approximate surface area is 175 Å². The van der Waals surface area contributed by atoms with E-state index >= 15 is 0 Å². The molecule has 0 saturated heterocycles. The number of ether oxygens (including phenoxy) is 1. The van der Waals surface area contributed by atoms with Crippen molar-refractivity contribution < 1.29 is 19.1 Å². The molecular formula is C24H24N2O4. The maximum atomic E-state index is 12.6. The number of ketones is 1. The number of aromatic nitrogens is 1. The molecule has 3 rings (SSSR count). The van der Waals surface area contributed by atoms with Crippen LogP contribution >= 0.6 is 0 Å². The molecule has 0 unspecified atom stereocenters. The van der Waals surface area contributed by atoms with E-state index in [1.165, 1.54) is 0 Å². The minimum Gasteiger partial charge on any atom is -0.454 e. The van der Waals surface area contributed by atoms with E-state index < -0.39 is 5.97 Å². The SMILES string of the molecule is Cc1cc(C(=O)OCC(=O)c2ccc(NC(=O)CC(C)C)cc2)c2ccccc2n1. The third-order valence-corrected chi connectivity index (χ3v) is 4.48. The molecule has 0 atom stereocenters. The Morgan fingerprint density at radius 1 is 1.03 bits per heavy atom. The number of nitrogens with zero attached hydrogens (tertiary/aromatic N) is 1. The number of hydrogen-bond acceptors (Lipinski definition) is 5. The van der Waals surface area contributed by atoms with Crippen LogP contribution in [0.1, 0.15) is 46.7 Å². The lowest BCUT2D eigenvalue weighted by Crippen LogP contribution is -2.16. The van der Waals surface area contributed by atoms with E-state index in [1.807, 2.05) is 32.0 Å². The van der Waals surface area contributed by atoms with Gasteiger partial charge in [0.25, 0.3) is 0 Å². The minimum absolute atomic E-state index is 0.0714. The van der Waals surface area contributed by atoms with Gasteiger partial charge in [-0.25, -0.2) is 4.79 Å². The summed E-state index contributed by atoms with van der Waals surface area (Å²) in [6.07, 6.45) is 0.430. The monoisotopic (exact) mass is 404 g/mol. The minimum atomic E-state index is -0.567. The zero-order valence-corrected chi connectivity index (χ0v) is 17.3. The molecule has 1 amide bonds. The predicted octanol–water partition coefficient (Wildman–Crippen LogP) is 4.57. The van der Waals surface area contributed by atoms with Gasteiger partial charge in [-0.1, -0.05) is 32.0 Å². The van der Waals surface area contributed by atoms with Gasteiger partial charge in [-0.2, -0.15) is 0 Å². The molecule has 0 bridgehead atoms. The highest BCUT2D eigenvalue weighted by Gasteiger charge is 2.16. The molecular weight excluding hydrogens is 380 g/mol. The number of rotatable bonds is 7. The second kappa shape index (κ2) is 9.31. The normalized spacial score (nSPS) is 10.8. The molecule has 2 aromatic carbocycles. The summed E-state index contributed by atoms with van der Waals surface area (Å²) in [5.41, 5.74) is 2.80. The summed E-state index contributed by atoms with van der Waals surface area (Å²) >= 11 is 0. The van der Waals surface area contributed by atoms with Crippen molar-refractivity contribution in [2.45, 2.75) is 27.2 Å². The van der Waals surface area contributed by atoms with Gasteiger partial charge in [0, 0.05) is 28.8 Å². The van der Waals surface area contributed by atoms with Crippen LogP contribution in [-0.4, -0.2) is 29.3 Å². The molecule has 0 radical (unpaired) electrons. The highest BCUT2D eigenvalue weighted by Crippen LogP contribution is 2.19. The first-order valence-corrected chi connectivity index (χ1v) is 9.80. The molecule has 6 heteroatoms. The van der Waals surface area contributed by atoms with E-state index in [2.05, 4.69) is 10.3 Å². The fraction of sp³-hybridized carbons (Fsp3) is 0.250. The maximum absolute atomic E-state index is 12.6. The fourth-order valence-electron chi connectivity index (χ4n) is 3.09. The van der Waals surface area contributed by atoms with Crippen molar-refractivity contribution in [3.63, 3.8) is 0 Å². The average Bonchev–Trinajstić information content (AvgIpc) is 2.71. The largest absolute Gasteiger partial charge is 0.454 e. The molecule has 0 saturated carbocycles. The lowest BCUT2D eigenvalue weighted by atomic mass is 10.1.